The summed E-state index contributed by atoms with van der Waals surface area (Å²) in [7, 11) is 0. The number of nitrogens with one attached hydrogen (secondary N) is 1. The highest BCUT2D eigenvalue weighted by molar-refractivity contribution is 5.77. The zero-order valence-corrected chi connectivity index (χ0v) is 41.8. The smallest absolute Gasteiger partial charge is 0.306 e. The molecular formula is C56H107NO5. The lowest BCUT2D eigenvalue weighted by atomic mass is 10.0. The average Bonchev–Trinajstić information content (AvgIpc) is 3.26. The number of hydrogen-bond donors (Lipinski definition) is 3. The summed E-state index contributed by atoms with van der Waals surface area (Å²) in [5.74, 6) is -0.465. The summed E-state index contributed by atoms with van der Waals surface area (Å²) in [6, 6.07) is -0.698. The van der Waals surface area contributed by atoms with Crippen LogP contribution in [-0.2, 0) is 14.3 Å². The summed E-state index contributed by atoms with van der Waals surface area (Å²) in [4.78, 5) is 26.2. The van der Waals surface area contributed by atoms with E-state index in [0.717, 1.165) is 57.8 Å². The van der Waals surface area contributed by atoms with Crippen LogP contribution < -0.4 is 5.32 Å². The normalized spacial score (nSPS) is 13.3. The molecule has 6 nitrogen and oxygen atoms in total. The standard InChI is InChI=1S/C56H107NO5/c1-4-7-10-13-16-19-22-25-27-28-29-31-34-37-40-43-46-49-56(61)62-52(47-44-41-38-35-32-30-26-23-20-17-14-11-8-5-2)50-55(60)57-53(51-58)54(59)48-45-42-39-36-33-24-21-18-15-12-9-6-3/h16,19,25,27,52-54,58-59H,4-15,17-18,20-24,26,28-51H2,1-3H3,(H,57,60)/b19-16-,27-25-. The van der Waals surface area contributed by atoms with Gasteiger partial charge in [0, 0.05) is 6.42 Å². The zero-order chi connectivity index (χ0) is 45.2. The van der Waals surface area contributed by atoms with Crippen LogP contribution in [0.1, 0.15) is 297 Å². The Hall–Kier alpha value is -1.66. The highest BCUT2D eigenvalue weighted by Crippen LogP contribution is 2.19. The Balaban J connectivity index is 4.53. The van der Waals surface area contributed by atoms with Crippen molar-refractivity contribution in [2.45, 2.75) is 315 Å². The molecule has 0 saturated heterocycles. The Bertz CT molecular complexity index is 981. The van der Waals surface area contributed by atoms with Gasteiger partial charge in [-0.15, -0.1) is 0 Å². The van der Waals surface area contributed by atoms with Crippen molar-refractivity contribution < 1.29 is 24.5 Å². The number of unbranched alkanes of at least 4 members (excludes halogenated alkanes) is 34. The number of aliphatic hydroxyl groups excluding tert-OH is 2. The number of ether oxygens (including phenoxy) is 1. The molecular weight excluding hydrogens is 767 g/mol. The average molecular weight is 874 g/mol. The minimum atomic E-state index is -0.784. The number of rotatable bonds is 50. The molecule has 62 heavy (non-hydrogen) atoms. The van der Waals surface area contributed by atoms with Crippen molar-refractivity contribution in [1.29, 1.82) is 0 Å². The Morgan fingerprint density at radius 2 is 0.823 bits per heavy atom. The number of hydrogen-bond acceptors (Lipinski definition) is 5. The molecule has 3 N–H and O–H groups in total. The molecule has 0 aromatic heterocycles. The quantitative estimate of drug-likeness (QED) is 0.0321. The third-order valence-corrected chi connectivity index (χ3v) is 12.8. The number of carbonyl (C=O) groups is 2. The van der Waals surface area contributed by atoms with Gasteiger partial charge in [0.15, 0.2) is 0 Å². The molecule has 0 aliphatic heterocycles. The van der Waals surface area contributed by atoms with Crippen molar-refractivity contribution in [3.05, 3.63) is 24.3 Å². The summed E-state index contributed by atoms with van der Waals surface area (Å²) in [6.07, 6.45) is 58.1. The molecule has 0 rings (SSSR count). The van der Waals surface area contributed by atoms with Crippen LogP contribution in [0, 0.1) is 0 Å². The molecule has 3 unspecified atom stereocenters. The Kier molecular flexibility index (Phi) is 49.0. The first-order chi connectivity index (χ1) is 30.5. The van der Waals surface area contributed by atoms with Crippen molar-refractivity contribution >= 4 is 11.9 Å². The second-order valence-corrected chi connectivity index (χ2v) is 19.0. The molecule has 0 spiro atoms. The first-order valence-electron chi connectivity index (χ1n) is 27.6. The summed E-state index contributed by atoms with van der Waals surface area (Å²) in [6.45, 7) is 6.48. The Morgan fingerprint density at radius 1 is 0.468 bits per heavy atom. The number of aliphatic hydroxyl groups is 2. The van der Waals surface area contributed by atoms with E-state index in [1.165, 1.54) is 193 Å². The topological polar surface area (TPSA) is 95.9 Å². The van der Waals surface area contributed by atoms with E-state index in [-0.39, 0.29) is 24.9 Å². The van der Waals surface area contributed by atoms with E-state index in [4.69, 9.17) is 4.74 Å². The Labute approximate surface area is 386 Å². The number of allylic oxidation sites excluding steroid dienone is 4. The van der Waals surface area contributed by atoms with Gasteiger partial charge in [0.1, 0.15) is 6.10 Å². The predicted molar refractivity (Wildman–Crippen MR) is 269 cm³/mol. The van der Waals surface area contributed by atoms with E-state index >= 15 is 0 Å². The maximum absolute atomic E-state index is 13.2. The lowest BCUT2D eigenvalue weighted by Crippen LogP contribution is -2.46. The molecule has 0 aromatic carbocycles. The van der Waals surface area contributed by atoms with Gasteiger partial charge in [-0.05, 0) is 57.8 Å². The third kappa shape index (κ3) is 44.9. The maximum Gasteiger partial charge on any atom is 0.306 e. The van der Waals surface area contributed by atoms with E-state index in [0.29, 0.717) is 19.3 Å². The second kappa shape index (κ2) is 50.3. The molecule has 1 amide bonds. The molecule has 0 bridgehead atoms. The van der Waals surface area contributed by atoms with Crippen LogP contribution in [0.4, 0.5) is 0 Å². The fourth-order valence-electron chi connectivity index (χ4n) is 8.58. The van der Waals surface area contributed by atoms with Crippen LogP contribution in [0.2, 0.25) is 0 Å². The van der Waals surface area contributed by atoms with E-state index in [9.17, 15) is 19.8 Å². The van der Waals surface area contributed by atoms with Crippen LogP contribution in [0.15, 0.2) is 24.3 Å². The fourth-order valence-corrected chi connectivity index (χ4v) is 8.58. The molecule has 6 heteroatoms. The van der Waals surface area contributed by atoms with Crippen LogP contribution in [0.3, 0.4) is 0 Å². The first-order valence-corrected chi connectivity index (χ1v) is 27.6. The summed E-state index contributed by atoms with van der Waals surface area (Å²) < 4.78 is 5.95. The van der Waals surface area contributed by atoms with Gasteiger partial charge in [0.2, 0.25) is 5.91 Å². The van der Waals surface area contributed by atoms with E-state index in [1.54, 1.807) is 0 Å². The first kappa shape index (κ1) is 60.3. The second-order valence-electron chi connectivity index (χ2n) is 19.0. The summed E-state index contributed by atoms with van der Waals surface area (Å²) >= 11 is 0. The van der Waals surface area contributed by atoms with Crippen LogP contribution in [0.25, 0.3) is 0 Å². The molecule has 366 valence electrons. The van der Waals surface area contributed by atoms with Crippen molar-refractivity contribution in [3.8, 4) is 0 Å². The van der Waals surface area contributed by atoms with Crippen LogP contribution in [-0.4, -0.2) is 46.9 Å². The van der Waals surface area contributed by atoms with Crippen molar-refractivity contribution in [3.63, 3.8) is 0 Å². The molecule has 0 fully saturated rings. The van der Waals surface area contributed by atoms with Gasteiger partial charge in [-0.2, -0.15) is 0 Å². The highest BCUT2D eigenvalue weighted by Gasteiger charge is 2.24. The third-order valence-electron chi connectivity index (χ3n) is 12.8. The molecule has 0 saturated carbocycles. The SMILES string of the molecule is CCCCC/C=C\C/C=C\CCCCCCCCCC(=O)OC(CCCCCCCCCCCCCCCC)CC(=O)NC(CO)C(O)CCCCCCCCCCCCCC. The predicted octanol–water partition coefficient (Wildman–Crippen LogP) is 16.7. The van der Waals surface area contributed by atoms with Crippen molar-refractivity contribution in [2.24, 2.45) is 0 Å². The van der Waals surface area contributed by atoms with Crippen molar-refractivity contribution in [1.82, 2.24) is 5.32 Å². The lowest BCUT2D eigenvalue weighted by molar-refractivity contribution is -0.151. The molecule has 0 aromatic rings. The van der Waals surface area contributed by atoms with Gasteiger partial charge in [-0.1, -0.05) is 251 Å². The van der Waals surface area contributed by atoms with E-state index < -0.39 is 18.2 Å². The monoisotopic (exact) mass is 874 g/mol. The minimum Gasteiger partial charge on any atom is -0.462 e. The van der Waals surface area contributed by atoms with Gasteiger partial charge in [0.25, 0.3) is 0 Å². The summed E-state index contributed by atoms with van der Waals surface area (Å²) in [5.41, 5.74) is 0. The number of amides is 1. The fraction of sp³-hybridized carbons (Fsp3) is 0.893. The van der Waals surface area contributed by atoms with Crippen molar-refractivity contribution in [2.75, 3.05) is 6.61 Å². The number of carbonyl (C=O) groups excluding carboxylic acids is 2. The molecule has 0 radical (unpaired) electrons. The highest BCUT2D eigenvalue weighted by atomic mass is 16.5. The van der Waals surface area contributed by atoms with Gasteiger partial charge in [-0.3, -0.25) is 9.59 Å². The van der Waals surface area contributed by atoms with Crippen LogP contribution >= 0.6 is 0 Å². The van der Waals surface area contributed by atoms with E-state index in [1.807, 2.05) is 0 Å². The molecule has 0 aliphatic carbocycles. The summed E-state index contributed by atoms with van der Waals surface area (Å²) in [5, 5.41) is 23.8. The molecule has 0 heterocycles. The minimum absolute atomic E-state index is 0.0803. The van der Waals surface area contributed by atoms with Crippen LogP contribution in [0.5, 0.6) is 0 Å². The zero-order valence-electron chi connectivity index (χ0n) is 41.8. The van der Waals surface area contributed by atoms with Gasteiger partial charge in [-0.25, -0.2) is 0 Å². The maximum atomic E-state index is 13.2. The largest absolute Gasteiger partial charge is 0.462 e. The Morgan fingerprint density at radius 3 is 1.26 bits per heavy atom. The van der Waals surface area contributed by atoms with Gasteiger partial charge in [0.05, 0.1) is 25.2 Å². The van der Waals surface area contributed by atoms with Gasteiger partial charge >= 0.3 is 5.97 Å². The van der Waals surface area contributed by atoms with E-state index in [2.05, 4.69) is 50.4 Å². The molecule has 0 aliphatic rings. The number of esters is 1. The van der Waals surface area contributed by atoms with Gasteiger partial charge < -0.3 is 20.3 Å². The lowest BCUT2D eigenvalue weighted by Gasteiger charge is -2.24. The molecule has 3 atom stereocenters.